The monoisotopic (exact) mass is 494 g/mol. The molecule has 1 fully saturated rings. The van der Waals surface area contributed by atoms with Gasteiger partial charge in [0, 0.05) is 31.7 Å². The van der Waals surface area contributed by atoms with Gasteiger partial charge in [-0.15, -0.1) is 0 Å². The molecule has 9 heteroatoms. The fraction of sp³-hybridized carbons (Fsp3) is 0.407. The molecule has 1 saturated carbocycles. The van der Waals surface area contributed by atoms with Gasteiger partial charge in [0.1, 0.15) is 12.2 Å². The second-order valence-corrected chi connectivity index (χ2v) is 9.18. The average molecular weight is 495 g/mol. The molecule has 8 nitrogen and oxygen atoms in total. The Labute approximate surface area is 209 Å². The Kier molecular flexibility index (Phi) is 7.79. The molecule has 2 aromatic rings. The highest BCUT2D eigenvalue weighted by molar-refractivity contribution is 6.20. The number of aliphatic imine (C=N–C) groups is 1. The van der Waals surface area contributed by atoms with E-state index in [9.17, 15) is 18.8 Å². The lowest BCUT2D eigenvalue weighted by Gasteiger charge is -2.30. The summed E-state index contributed by atoms with van der Waals surface area (Å²) >= 11 is 0. The summed E-state index contributed by atoms with van der Waals surface area (Å²) in [6.07, 6.45) is 1.49. The molecule has 1 aliphatic heterocycles. The Balaban J connectivity index is 1.68. The number of carbonyl (C=O) groups excluding carboxylic acids is 3. The minimum atomic E-state index is -1.20. The average Bonchev–Trinajstić information content (AvgIpc) is 3.35. The Morgan fingerprint density at radius 3 is 2.50 bits per heavy atom. The molecule has 2 aromatic carbocycles. The second-order valence-electron chi connectivity index (χ2n) is 9.18. The number of fused-ring (bicyclic) bond motifs is 1. The molecule has 0 radical (unpaired) electrons. The summed E-state index contributed by atoms with van der Waals surface area (Å²) in [4.78, 5) is 45.7. The number of halogens is 1. The van der Waals surface area contributed by atoms with Crippen LogP contribution in [0.5, 0.6) is 0 Å². The molecule has 1 heterocycles. The van der Waals surface area contributed by atoms with Crippen LogP contribution in [-0.2, 0) is 25.8 Å². The van der Waals surface area contributed by atoms with Gasteiger partial charge < -0.3 is 20.3 Å². The zero-order valence-corrected chi connectivity index (χ0v) is 20.6. The second kappa shape index (κ2) is 11.0. The van der Waals surface area contributed by atoms with Crippen molar-refractivity contribution in [1.29, 1.82) is 0 Å². The third-order valence-corrected chi connectivity index (χ3v) is 6.80. The largest absolute Gasteiger partial charge is 0.384 e. The molecule has 36 heavy (non-hydrogen) atoms. The van der Waals surface area contributed by atoms with E-state index in [4.69, 9.17) is 9.73 Å². The molecule has 1 aliphatic carbocycles. The van der Waals surface area contributed by atoms with Crippen LogP contribution in [0.4, 0.5) is 10.1 Å². The first kappa shape index (κ1) is 25.5. The fourth-order valence-electron chi connectivity index (χ4n) is 4.77. The summed E-state index contributed by atoms with van der Waals surface area (Å²) in [7, 11) is 3.15. The molecule has 4 rings (SSSR count). The Bertz CT molecular complexity index is 1160. The number of nitrogens with zero attached hydrogens (tertiary/aromatic N) is 2. The molecule has 1 atom stereocenters. The number of carbonyl (C=O) groups is 3. The van der Waals surface area contributed by atoms with Crippen molar-refractivity contribution in [2.45, 2.75) is 50.5 Å². The number of benzene rings is 2. The van der Waals surface area contributed by atoms with Crippen LogP contribution in [0.2, 0.25) is 0 Å². The number of rotatable bonds is 8. The molecule has 2 N–H and O–H groups in total. The van der Waals surface area contributed by atoms with Crippen molar-refractivity contribution in [1.82, 2.24) is 10.6 Å². The Morgan fingerprint density at radius 2 is 1.83 bits per heavy atom. The zero-order chi connectivity index (χ0) is 25.7. The summed E-state index contributed by atoms with van der Waals surface area (Å²) in [5, 5.41) is 5.71. The SMILES string of the molecule is COCCC(=O)NC1(C(=O)NC2N=C(c3ccc(CF)cc3)c3ccccc3N(C)C2=O)CCCC1. The Morgan fingerprint density at radius 1 is 1.14 bits per heavy atom. The van der Waals surface area contributed by atoms with E-state index in [2.05, 4.69) is 10.6 Å². The lowest BCUT2D eigenvalue weighted by Crippen LogP contribution is -2.60. The quantitative estimate of drug-likeness (QED) is 0.589. The van der Waals surface area contributed by atoms with Crippen LogP contribution < -0.4 is 15.5 Å². The zero-order valence-electron chi connectivity index (χ0n) is 20.6. The minimum Gasteiger partial charge on any atom is -0.384 e. The van der Waals surface area contributed by atoms with Gasteiger partial charge >= 0.3 is 0 Å². The highest BCUT2D eigenvalue weighted by Gasteiger charge is 2.44. The summed E-state index contributed by atoms with van der Waals surface area (Å²) < 4.78 is 18.1. The molecule has 0 bridgehead atoms. The van der Waals surface area contributed by atoms with Gasteiger partial charge in [-0.25, -0.2) is 9.38 Å². The smallest absolute Gasteiger partial charge is 0.272 e. The lowest BCUT2D eigenvalue weighted by molar-refractivity contribution is -0.135. The standard InChI is InChI=1S/C27H31FN4O4/c1-32-21-8-4-3-7-20(21)23(19-11-9-18(17-28)10-12-19)29-24(25(32)34)30-26(35)27(14-5-6-15-27)31-22(33)13-16-36-2/h3-4,7-12,24H,5-6,13-17H2,1-2H3,(H,30,35)(H,31,33). The van der Waals surface area contributed by atoms with E-state index < -0.39 is 30.2 Å². The van der Waals surface area contributed by atoms with E-state index in [1.807, 2.05) is 24.3 Å². The number of likely N-dealkylation sites (N-methyl/N-ethyl adjacent to an activating group) is 1. The predicted octanol–water partition coefficient (Wildman–Crippen LogP) is 2.88. The third-order valence-electron chi connectivity index (χ3n) is 6.80. The first-order valence-electron chi connectivity index (χ1n) is 12.1. The van der Waals surface area contributed by atoms with E-state index >= 15 is 0 Å². The summed E-state index contributed by atoms with van der Waals surface area (Å²) in [5.74, 6) is -1.10. The van der Waals surface area contributed by atoms with Crippen molar-refractivity contribution in [2.24, 2.45) is 4.99 Å². The van der Waals surface area contributed by atoms with Gasteiger partial charge in [-0.05, 0) is 24.5 Å². The Hall–Kier alpha value is -3.59. The molecule has 0 spiro atoms. The van der Waals surface area contributed by atoms with Gasteiger partial charge in [-0.3, -0.25) is 14.4 Å². The first-order chi connectivity index (χ1) is 17.4. The number of amides is 3. The lowest BCUT2D eigenvalue weighted by atomic mass is 9.95. The van der Waals surface area contributed by atoms with Gasteiger partial charge in [0.15, 0.2) is 0 Å². The van der Waals surface area contributed by atoms with Crippen LogP contribution in [0.25, 0.3) is 0 Å². The van der Waals surface area contributed by atoms with Crippen LogP contribution in [0.1, 0.15) is 48.8 Å². The van der Waals surface area contributed by atoms with Gasteiger partial charge in [0.05, 0.1) is 18.0 Å². The molecule has 1 unspecified atom stereocenters. The normalized spacial score (nSPS) is 18.8. The molecule has 0 aromatic heterocycles. The van der Waals surface area contributed by atoms with Crippen LogP contribution in [0.15, 0.2) is 53.5 Å². The van der Waals surface area contributed by atoms with Crippen molar-refractivity contribution in [3.63, 3.8) is 0 Å². The van der Waals surface area contributed by atoms with E-state index in [-0.39, 0.29) is 18.9 Å². The molecule has 190 valence electrons. The van der Waals surface area contributed by atoms with Crippen molar-refractivity contribution in [2.75, 3.05) is 25.7 Å². The number of benzodiazepines with no additional fused rings is 1. The van der Waals surface area contributed by atoms with Crippen molar-refractivity contribution in [3.8, 4) is 0 Å². The summed E-state index contributed by atoms with van der Waals surface area (Å²) in [5.41, 5.74) is 2.03. The number of ether oxygens (including phenoxy) is 1. The predicted molar refractivity (Wildman–Crippen MR) is 135 cm³/mol. The number of hydrogen-bond acceptors (Lipinski definition) is 5. The molecular weight excluding hydrogens is 463 g/mol. The van der Waals surface area contributed by atoms with E-state index in [1.165, 1.54) is 12.0 Å². The van der Waals surface area contributed by atoms with Gasteiger partial charge in [0.2, 0.25) is 18.0 Å². The van der Waals surface area contributed by atoms with E-state index in [1.54, 1.807) is 31.3 Å². The number of hydrogen-bond donors (Lipinski definition) is 2. The summed E-state index contributed by atoms with van der Waals surface area (Å²) in [6, 6.07) is 14.2. The fourth-order valence-corrected chi connectivity index (χ4v) is 4.77. The highest BCUT2D eigenvalue weighted by atomic mass is 19.1. The third kappa shape index (κ3) is 5.16. The van der Waals surface area contributed by atoms with Crippen molar-refractivity contribution >= 4 is 29.1 Å². The van der Waals surface area contributed by atoms with Gasteiger partial charge in [-0.1, -0.05) is 55.3 Å². The maximum atomic E-state index is 13.6. The minimum absolute atomic E-state index is 0.142. The number of alkyl halides is 1. The van der Waals surface area contributed by atoms with Gasteiger partial charge in [-0.2, -0.15) is 0 Å². The van der Waals surface area contributed by atoms with E-state index in [0.717, 1.165) is 18.4 Å². The van der Waals surface area contributed by atoms with Crippen molar-refractivity contribution in [3.05, 3.63) is 65.2 Å². The maximum Gasteiger partial charge on any atom is 0.272 e. The molecule has 2 aliphatic rings. The van der Waals surface area contributed by atoms with Crippen LogP contribution in [0, 0.1) is 0 Å². The number of methoxy groups -OCH3 is 1. The molecule has 0 saturated heterocycles. The maximum absolute atomic E-state index is 13.6. The van der Waals surface area contributed by atoms with E-state index in [0.29, 0.717) is 35.4 Å². The topological polar surface area (TPSA) is 100 Å². The number of para-hydroxylation sites is 1. The van der Waals surface area contributed by atoms with Crippen LogP contribution >= 0.6 is 0 Å². The van der Waals surface area contributed by atoms with Crippen LogP contribution in [-0.4, -0.2) is 55.9 Å². The summed E-state index contributed by atoms with van der Waals surface area (Å²) in [6.45, 7) is -0.329. The molecular formula is C27H31FN4O4. The molecule has 3 amide bonds. The van der Waals surface area contributed by atoms with Crippen LogP contribution in [0.3, 0.4) is 0 Å². The number of nitrogens with one attached hydrogen (secondary N) is 2. The highest BCUT2D eigenvalue weighted by Crippen LogP contribution is 2.31. The van der Waals surface area contributed by atoms with Gasteiger partial charge in [0.25, 0.3) is 5.91 Å². The number of anilines is 1. The first-order valence-corrected chi connectivity index (χ1v) is 12.1. The van der Waals surface area contributed by atoms with Crippen molar-refractivity contribution < 1.29 is 23.5 Å².